The first-order chi connectivity index (χ1) is 7.46. The minimum Gasteiger partial charge on any atom is -0.317 e. The van der Waals surface area contributed by atoms with Crippen LogP contribution in [-0.4, -0.2) is 33.0 Å². The molecule has 0 saturated carbocycles. The Morgan fingerprint density at radius 3 is 2.25 bits per heavy atom. The molecule has 0 spiro atoms. The first kappa shape index (κ1) is 15.9. The molecule has 0 aromatic rings. The van der Waals surface area contributed by atoms with Crippen LogP contribution in [0.1, 0.15) is 46.5 Å². The monoisotopic (exact) mass is 249 g/mol. The Morgan fingerprint density at radius 1 is 1.19 bits per heavy atom. The van der Waals surface area contributed by atoms with E-state index in [9.17, 15) is 8.42 Å². The summed E-state index contributed by atoms with van der Waals surface area (Å²) < 4.78 is 22.7. The van der Waals surface area contributed by atoms with Gasteiger partial charge in [-0.2, -0.15) is 0 Å². The first-order valence-electron chi connectivity index (χ1n) is 6.34. The third-order valence-electron chi connectivity index (χ3n) is 3.21. The molecule has 0 bridgehead atoms. The average molecular weight is 249 g/mol. The summed E-state index contributed by atoms with van der Waals surface area (Å²) in [6.07, 6.45) is 4.12. The summed E-state index contributed by atoms with van der Waals surface area (Å²) in [4.78, 5) is 0. The molecule has 2 unspecified atom stereocenters. The van der Waals surface area contributed by atoms with Crippen molar-refractivity contribution < 1.29 is 8.42 Å². The molecule has 0 saturated heterocycles. The fourth-order valence-electron chi connectivity index (χ4n) is 2.04. The van der Waals surface area contributed by atoms with Crippen molar-refractivity contribution in [1.29, 1.82) is 0 Å². The van der Waals surface area contributed by atoms with Crippen LogP contribution >= 0.6 is 0 Å². The number of sulfone groups is 1. The molecular weight excluding hydrogens is 222 g/mol. The van der Waals surface area contributed by atoms with E-state index in [-0.39, 0.29) is 5.75 Å². The zero-order valence-electron chi connectivity index (χ0n) is 11.1. The molecule has 1 N–H and O–H groups in total. The van der Waals surface area contributed by atoms with Crippen LogP contribution in [0.4, 0.5) is 0 Å². The van der Waals surface area contributed by atoms with Crippen molar-refractivity contribution in [2.45, 2.75) is 52.5 Å². The van der Waals surface area contributed by atoms with Crippen molar-refractivity contribution in [2.75, 3.05) is 18.6 Å². The van der Waals surface area contributed by atoms with Crippen LogP contribution in [0.15, 0.2) is 0 Å². The maximum Gasteiger partial charge on any atom is 0.150 e. The summed E-state index contributed by atoms with van der Waals surface area (Å²) in [6.45, 7) is 6.13. The molecule has 0 radical (unpaired) electrons. The predicted molar refractivity (Wildman–Crippen MR) is 70.5 cm³/mol. The van der Waals surface area contributed by atoms with E-state index in [0.29, 0.717) is 17.7 Å². The lowest BCUT2D eigenvalue weighted by atomic mass is 9.94. The molecule has 3 nitrogen and oxygen atoms in total. The third kappa shape index (κ3) is 6.48. The van der Waals surface area contributed by atoms with Crippen LogP contribution in [0.25, 0.3) is 0 Å². The number of hydrogen-bond acceptors (Lipinski definition) is 3. The Morgan fingerprint density at radius 2 is 1.81 bits per heavy atom. The van der Waals surface area contributed by atoms with Crippen LogP contribution in [0.5, 0.6) is 0 Å². The molecule has 0 aliphatic rings. The highest BCUT2D eigenvalue weighted by atomic mass is 32.2. The van der Waals surface area contributed by atoms with Gasteiger partial charge >= 0.3 is 0 Å². The molecule has 4 heteroatoms. The molecule has 0 aromatic heterocycles. The Labute approximate surface area is 101 Å². The average Bonchev–Trinajstić information content (AvgIpc) is 2.24. The highest BCUT2D eigenvalue weighted by Gasteiger charge is 2.15. The Hall–Kier alpha value is -0.0900. The smallest absolute Gasteiger partial charge is 0.150 e. The summed E-state index contributed by atoms with van der Waals surface area (Å²) in [5.41, 5.74) is 0. The lowest BCUT2D eigenvalue weighted by Gasteiger charge is -2.23. The molecule has 16 heavy (non-hydrogen) atoms. The molecule has 0 aliphatic heterocycles. The molecule has 2 atom stereocenters. The SMILES string of the molecule is CCCC(C)C(CCCS(=O)(=O)CC)NC. The van der Waals surface area contributed by atoms with Crippen LogP contribution in [-0.2, 0) is 9.84 Å². The minimum atomic E-state index is -2.79. The van der Waals surface area contributed by atoms with E-state index in [1.807, 2.05) is 7.05 Å². The van der Waals surface area contributed by atoms with Crippen LogP contribution in [0, 0.1) is 5.92 Å². The van der Waals surface area contributed by atoms with Crippen LogP contribution < -0.4 is 5.32 Å². The van der Waals surface area contributed by atoms with E-state index in [0.717, 1.165) is 12.8 Å². The van der Waals surface area contributed by atoms with Crippen LogP contribution in [0.3, 0.4) is 0 Å². The maximum absolute atomic E-state index is 11.3. The van der Waals surface area contributed by atoms with Gasteiger partial charge in [0.2, 0.25) is 0 Å². The molecule has 0 aromatic carbocycles. The van der Waals surface area contributed by atoms with E-state index in [1.54, 1.807) is 6.92 Å². The van der Waals surface area contributed by atoms with E-state index < -0.39 is 9.84 Å². The lowest BCUT2D eigenvalue weighted by Crippen LogP contribution is -2.32. The molecular formula is C12H27NO2S. The zero-order chi connectivity index (χ0) is 12.6. The molecule has 0 heterocycles. The quantitative estimate of drug-likeness (QED) is 0.681. The van der Waals surface area contributed by atoms with Crippen LogP contribution in [0.2, 0.25) is 0 Å². The molecule has 0 fully saturated rings. The first-order valence-corrected chi connectivity index (χ1v) is 8.16. The van der Waals surface area contributed by atoms with Crippen molar-refractivity contribution in [3.8, 4) is 0 Å². The van der Waals surface area contributed by atoms with Crippen molar-refractivity contribution in [3.05, 3.63) is 0 Å². The van der Waals surface area contributed by atoms with Gasteiger partial charge in [-0.3, -0.25) is 0 Å². The predicted octanol–water partition coefficient (Wildman–Crippen LogP) is 2.23. The summed E-state index contributed by atoms with van der Waals surface area (Å²) >= 11 is 0. The lowest BCUT2D eigenvalue weighted by molar-refractivity contribution is 0.353. The van der Waals surface area contributed by atoms with Gasteiger partial charge in [0.15, 0.2) is 0 Å². The number of hydrogen-bond donors (Lipinski definition) is 1. The second-order valence-corrected chi connectivity index (χ2v) is 7.01. The van der Waals surface area contributed by atoms with E-state index >= 15 is 0 Å². The zero-order valence-corrected chi connectivity index (χ0v) is 11.9. The highest BCUT2D eigenvalue weighted by Crippen LogP contribution is 2.15. The standard InChI is InChI=1S/C12H27NO2S/c1-5-8-11(3)12(13-4)9-7-10-16(14,15)6-2/h11-13H,5-10H2,1-4H3. The molecule has 98 valence electrons. The van der Waals surface area contributed by atoms with Gasteiger partial charge < -0.3 is 5.32 Å². The van der Waals surface area contributed by atoms with Crippen molar-refractivity contribution in [2.24, 2.45) is 5.92 Å². The van der Waals surface area contributed by atoms with Gasteiger partial charge in [-0.15, -0.1) is 0 Å². The Kier molecular flexibility index (Phi) is 8.02. The summed E-state index contributed by atoms with van der Waals surface area (Å²) in [7, 11) is -0.826. The van der Waals surface area contributed by atoms with Gasteiger partial charge in [0, 0.05) is 11.8 Å². The normalized spacial score (nSPS) is 16.0. The Bertz CT molecular complexity index is 262. The van der Waals surface area contributed by atoms with E-state index in [1.165, 1.54) is 12.8 Å². The van der Waals surface area contributed by atoms with Gasteiger partial charge in [-0.05, 0) is 32.2 Å². The van der Waals surface area contributed by atoms with Gasteiger partial charge in [-0.1, -0.05) is 27.2 Å². The molecule has 0 aliphatic carbocycles. The van der Waals surface area contributed by atoms with E-state index in [4.69, 9.17) is 0 Å². The third-order valence-corrected chi connectivity index (χ3v) is 5.00. The number of nitrogens with one attached hydrogen (secondary N) is 1. The summed E-state index contributed by atoms with van der Waals surface area (Å²) in [5, 5.41) is 3.30. The summed E-state index contributed by atoms with van der Waals surface area (Å²) in [6, 6.07) is 0.451. The second kappa shape index (κ2) is 8.07. The highest BCUT2D eigenvalue weighted by molar-refractivity contribution is 7.91. The summed E-state index contributed by atoms with van der Waals surface area (Å²) in [5.74, 6) is 1.22. The maximum atomic E-state index is 11.3. The van der Waals surface area contributed by atoms with Gasteiger partial charge in [0.05, 0.1) is 5.75 Å². The molecule has 0 amide bonds. The fourth-order valence-corrected chi connectivity index (χ4v) is 2.93. The fraction of sp³-hybridized carbons (Fsp3) is 1.00. The van der Waals surface area contributed by atoms with Crippen molar-refractivity contribution in [3.63, 3.8) is 0 Å². The van der Waals surface area contributed by atoms with Crippen molar-refractivity contribution >= 4 is 9.84 Å². The molecule has 0 rings (SSSR count). The Balaban J connectivity index is 3.97. The van der Waals surface area contributed by atoms with E-state index in [2.05, 4.69) is 19.2 Å². The van der Waals surface area contributed by atoms with Crippen molar-refractivity contribution in [1.82, 2.24) is 5.32 Å². The largest absolute Gasteiger partial charge is 0.317 e. The topological polar surface area (TPSA) is 46.2 Å². The minimum absolute atomic E-state index is 0.266. The van der Waals surface area contributed by atoms with Gasteiger partial charge in [0.1, 0.15) is 9.84 Å². The number of rotatable bonds is 9. The second-order valence-electron chi connectivity index (χ2n) is 4.54. The van der Waals surface area contributed by atoms with Gasteiger partial charge in [0.25, 0.3) is 0 Å². The van der Waals surface area contributed by atoms with Gasteiger partial charge in [-0.25, -0.2) is 8.42 Å².